The monoisotopic (exact) mass is 419 g/mol. The van der Waals surface area contributed by atoms with Gasteiger partial charge >= 0.3 is 0 Å². The lowest BCUT2D eigenvalue weighted by Crippen LogP contribution is -2.54. The maximum atomic E-state index is 10.9. The van der Waals surface area contributed by atoms with Gasteiger partial charge in [-0.3, -0.25) is 4.79 Å². The Morgan fingerprint density at radius 1 is 0.862 bits per heavy atom. The molecule has 0 N–H and O–H groups in total. The molecule has 0 spiro atoms. The minimum absolute atomic E-state index is 0.163. The topological polar surface area (TPSA) is 29.5 Å². The molecule has 0 radical (unpaired) electrons. The van der Waals surface area contributed by atoms with E-state index in [0.717, 1.165) is 18.5 Å². The largest absolute Gasteiger partial charge is 0.488 e. The second-order valence-electron chi connectivity index (χ2n) is 12.0. The van der Waals surface area contributed by atoms with E-state index in [1.54, 1.807) is 0 Å². The molecule has 4 heteroatoms. The molecule has 0 aliphatic heterocycles. The van der Waals surface area contributed by atoms with Crippen molar-refractivity contribution in [1.29, 1.82) is 0 Å². The summed E-state index contributed by atoms with van der Waals surface area (Å²) in [7, 11) is 2.66. The maximum absolute atomic E-state index is 10.9. The fourth-order valence-electron chi connectivity index (χ4n) is 4.63. The zero-order chi connectivity index (χ0) is 22.9. The Labute approximate surface area is 181 Å². The number of rotatable bonds is 10. The van der Waals surface area contributed by atoms with Gasteiger partial charge in [0.05, 0.1) is 8.07 Å². The third-order valence-electron chi connectivity index (χ3n) is 7.75. The van der Waals surface area contributed by atoms with E-state index < -0.39 is 8.07 Å². The van der Waals surface area contributed by atoms with Crippen LogP contribution in [0.1, 0.15) is 78.6 Å². The molecule has 0 unspecified atom stereocenters. The summed E-state index contributed by atoms with van der Waals surface area (Å²) < 4.78 is 6.38. The first-order chi connectivity index (χ1) is 12.9. The lowest BCUT2D eigenvalue weighted by molar-refractivity contribution is 0.0853. The summed E-state index contributed by atoms with van der Waals surface area (Å²) >= 11 is 0. The van der Waals surface area contributed by atoms with E-state index in [1.807, 2.05) is 24.3 Å². The predicted octanol–water partition coefficient (Wildman–Crippen LogP) is 7.05. The number of hydrogen-bond donors (Lipinski definition) is 0. The van der Waals surface area contributed by atoms with Crippen LogP contribution in [0.5, 0.6) is 5.75 Å². The van der Waals surface area contributed by atoms with Gasteiger partial charge in [0.15, 0.2) is 0 Å². The molecule has 0 aliphatic rings. The summed E-state index contributed by atoms with van der Waals surface area (Å²) in [5, 5.41) is 0.455. The molecule has 0 heterocycles. The van der Waals surface area contributed by atoms with Gasteiger partial charge in [-0.05, 0) is 89.0 Å². The Hall–Kier alpha value is -1.13. The molecule has 0 bridgehead atoms. The molecule has 0 saturated heterocycles. The van der Waals surface area contributed by atoms with Crippen LogP contribution in [0.2, 0.25) is 23.2 Å². The lowest BCUT2D eigenvalue weighted by Gasteiger charge is -2.55. The smallest absolute Gasteiger partial charge is 0.150 e. The summed E-state index contributed by atoms with van der Waals surface area (Å²) in [5.41, 5.74) is 0.550. The molecule has 166 valence electrons. The Kier molecular flexibility index (Phi) is 7.63. The van der Waals surface area contributed by atoms with Crippen LogP contribution in [0.4, 0.5) is 0 Å². The van der Waals surface area contributed by atoms with E-state index in [0.29, 0.717) is 5.56 Å². The van der Waals surface area contributed by atoms with E-state index >= 15 is 0 Å². The first-order valence-electron chi connectivity index (χ1n) is 10.8. The molecular weight excluding hydrogens is 374 g/mol. The molecule has 0 aliphatic carbocycles. The van der Waals surface area contributed by atoms with Gasteiger partial charge in [-0.25, -0.2) is 0 Å². The lowest BCUT2D eigenvalue weighted by atomic mass is 9.90. The number of benzene rings is 1. The highest BCUT2D eigenvalue weighted by Crippen LogP contribution is 2.58. The van der Waals surface area contributed by atoms with Gasteiger partial charge in [0.1, 0.15) is 17.6 Å². The van der Waals surface area contributed by atoms with Gasteiger partial charge in [-0.2, -0.15) is 0 Å². The standard InChI is InChI=1S/C25H45NO2Si/c1-22(2,26(9)10)18-24(5,6)29(11,12)25(7,8)19-23(3,4)28-21-15-13-20(17-27)14-16-21/h13-17H,18-19H2,1-12H3. The maximum Gasteiger partial charge on any atom is 0.150 e. The van der Waals surface area contributed by atoms with Crippen LogP contribution in [0.15, 0.2) is 24.3 Å². The van der Waals surface area contributed by atoms with E-state index in [1.165, 1.54) is 6.42 Å². The van der Waals surface area contributed by atoms with Crippen LogP contribution in [0, 0.1) is 0 Å². The van der Waals surface area contributed by atoms with Gasteiger partial charge in [0, 0.05) is 11.1 Å². The molecular formula is C25H45NO2Si. The Morgan fingerprint density at radius 3 is 1.72 bits per heavy atom. The van der Waals surface area contributed by atoms with Crippen molar-refractivity contribution in [3.8, 4) is 5.75 Å². The number of carbonyl (C=O) groups is 1. The fraction of sp³-hybridized carbons (Fsp3) is 0.720. The third-order valence-corrected chi connectivity index (χ3v) is 14.9. The molecule has 0 amide bonds. The van der Waals surface area contributed by atoms with Crippen molar-refractivity contribution in [3.63, 3.8) is 0 Å². The van der Waals surface area contributed by atoms with Crippen LogP contribution < -0.4 is 4.74 Å². The number of hydrogen-bond acceptors (Lipinski definition) is 3. The van der Waals surface area contributed by atoms with Crippen molar-refractivity contribution in [1.82, 2.24) is 4.90 Å². The van der Waals surface area contributed by atoms with Crippen molar-refractivity contribution in [2.75, 3.05) is 14.1 Å². The van der Waals surface area contributed by atoms with Crippen LogP contribution in [0.25, 0.3) is 0 Å². The quantitative estimate of drug-likeness (QED) is 0.301. The van der Waals surface area contributed by atoms with E-state index in [-0.39, 0.29) is 21.2 Å². The summed E-state index contributed by atoms with van der Waals surface area (Å²) in [6.45, 7) is 24.0. The van der Waals surface area contributed by atoms with Crippen LogP contribution in [0.3, 0.4) is 0 Å². The van der Waals surface area contributed by atoms with Gasteiger partial charge in [0.2, 0.25) is 0 Å². The summed E-state index contributed by atoms with van der Waals surface area (Å²) in [5.74, 6) is 0.823. The van der Waals surface area contributed by atoms with E-state index in [9.17, 15) is 4.79 Å². The average Bonchev–Trinajstić information content (AvgIpc) is 2.52. The molecule has 0 fully saturated rings. The highest BCUT2D eigenvalue weighted by molar-refractivity contribution is 6.83. The highest BCUT2D eigenvalue weighted by atomic mass is 28.3. The van der Waals surface area contributed by atoms with Crippen molar-refractivity contribution in [3.05, 3.63) is 29.8 Å². The minimum Gasteiger partial charge on any atom is -0.488 e. The highest BCUT2D eigenvalue weighted by Gasteiger charge is 2.53. The summed E-state index contributed by atoms with van der Waals surface area (Å²) in [4.78, 5) is 13.2. The van der Waals surface area contributed by atoms with Crippen molar-refractivity contribution in [2.45, 2.75) is 103 Å². The fourth-order valence-corrected chi connectivity index (χ4v) is 8.21. The molecule has 1 aromatic carbocycles. The SMILES string of the molecule is CN(C)C(C)(C)CC(C)(C)[Si](C)(C)C(C)(C)CC(C)(C)Oc1ccc(C=O)cc1. The average molecular weight is 420 g/mol. The number of aldehydes is 1. The van der Waals surface area contributed by atoms with Crippen molar-refractivity contribution >= 4 is 14.4 Å². The van der Waals surface area contributed by atoms with E-state index in [4.69, 9.17) is 4.74 Å². The Balaban J connectivity index is 3.05. The van der Waals surface area contributed by atoms with Gasteiger partial charge in [0.25, 0.3) is 0 Å². The van der Waals surface area contributed by atoms with Crippen molar-refractivity contribution < 1.29 is 9.53 Å². The first kappa shape index (κ1) is 25.9. The van der Waals surface area contributed by atoms with Gasteiger partial charge in [-0.1, -0.05) is 40.8 Å². The van der Waals surface area contributed by atoms with Crippen LogP contribution in [-0.2, 0) is 0 Å². The van der Waals surface area contributed by atoms with Gasteiger partial charge in [-0.15, -0.1) is 0 Å². The predicted molar refractivity (Wildman–Crippen MR) is 129 cm³/mol. The normalized spacial score (nSPS) is 14.2. The van der Waals surface area contributed by atoms with Crippen LogP contribution >= 0.6 is 0 Å². The van der Waals surface area contributed by atoms with Crippen LogP contribution in [-0.4, -0.2) is 44.5 Å². The van der Waals surface area contributed by atoms with Gasteiger partial charge < -0.3 is 9.64 Å². The van der Waals surface area contributed by atoms with Crippen molar-refractivity contribution in [2.24, 2.45) is 0 Å². The molecule has 1 aromatic rings. The molecule has 0 saturated carbocycles. The minimum atomic E-state index is -1.71. The number of nitrogens with zero attached hydrogens (tertiary/aromatic N) is 1. The summed E-state index contributed by atoms with van der Waals surface area (Å²) in [6.07, 6.45) is 3.02. The number of carbonyl (C=O) groups excluding carboxylic acids is 1. The van der Waals surface area contributed by atoms with E-state index in [2.05, 4.69) is 87.5 Å². The first-order valence-corrected chi connectivity index (χ1v) is 13.8. The second-order valence-corrected chi connectivity index (χ2v) is 18.0. The summed E-state index contributed by atoms with van der Waals surface area (Å²) in [6, 6.07) is 7.42. The second kappa shape index (κ2) is 8.54. The molecule has 0 atom stereocenters. The number of ether oxygens (including phenoxy) is 1. The molecule has 29 heavy (non-hydrogen) atoms. The zero-order valence-electron chi connectivity index (χ0n) is 21.1. The third kappa shape index (κ3) is 6.18. The molecule has 3 nitrogen and oxygen atoms in total. The zero-order valence-corrected chi connectivity index (χ0v) is 22.1. The molecule has 0 aromatic heterocycles. The molecule has 1 rings (SSSR count). The Morgan fingerprint density at radius 2 is 1.31 bits per heavy atom. The Bertz CT molecular complexity index is 685.